The summed E-state index contributed by atoms with van der Waals surface area (Å²) in [6.45, 7) is 7.46. The van der Waals surface area contributed by atoms with Crippen molar-refractivity contribution in [2.24, 2.45) is 29.6 Å². The van der Waals surface area contributed by atoms with Gasteiger partial charge >= 0.3 is 0 Å². The van der Waals surface area contributed by atoms with Gasteiger partial charge in [0.25, 0.3) is 0 Å². The van der Waals surface area contributed by atoms with Crippen LogP contribution in [0.15, 0.2) is 0 Å². The SMILES string of the molecule is CCC1C2CCCCCC(C)C(C2)C1C. The van der Waals surface area contributed by atoms with Crippen molar-refractivity contribution in [1.82, 2.24) is 0 Å². The summed E-state index contributed by atoms with van der Waals surface area (Å²) >= 11 is 0. The summed E-state index contributed by atoms with van der Waals surface area (Å²) < 4.78 is 0. The Bertz CT molecular complexity index is 196. The lowest BCUT2D eigenvalue weighted by atomic mass is 9.79. The highest BCUT2D eigenvalue weighted by Gasteiger charge is 2.41. The van der Waals surface area contributed by atoms with Gasteiger partial charge in [-0.1, -0.05) is 59.3 Å². The molecule has 2 bridgehead atoms. The van der Waals surface area contributed by atoms with Gasteiger partial charge in [0.15, 0.2) is 0 Å². The minimum Gasteiger partial charge on any atom is -0.0651 e. The van der Waals surface area contributed by atoms with E-state index in [9.17, 15) is 0 Å². The van der Waals surface area contributed by atoms with Crippen molar-refractivity contribution in [3.05, 3.63) is 0 Å². The van der Waals surface area contributed by atoms with Gasteiger partial charge in [0.05, 0.1) is 0 Å². The maximum Gasteiger partial charge on any atom is -0.0357 e. The first kappa shape index (κ1) is 11.5. The second-order valence-electron chi connectivity index (χ2n) is 6.21. The van der Waals surface area contributed by atoms with Crippen molar-refractivity contribution in [3.8, 4) is 0 Å². The standard InChI is InChI=1S/C15H28/c1-4-14-12(3)15-10-13(14)9-7-5-6-8-11(15)2/h11-15H,4-10H2,1-3H3. The van der Waals surface area contributed by atoms with Crippen molar-refractivity contribution in [3.63, 3.8) is 0 Å². The van der Waals surface area contributed by atoms with E-state index in [1.165, 1.54) is 38.5 Å². The first-order valence-electron chi connectivity index (χ1n) is 7.24. The third kappa shape index (κ3) is 2.24. The van der Waals surface area contributed by atoms with Crippen LogP contribution in [0.2, 0.25) is 0 Å². The molecule has 0 spiro atoms. The molecule has 0 aliphatic heterocycles. The molecule has 0 heterocycles. The molecule has 2 rings (SSSR count). The van der Waals surface area contributed by atoms with E-state index in [2.05, 4.69) is 20.8 Å². The Morgan fingerprint density at radius 3 is 2.47 bits per heavy atom. The van der Waals surface area contributed by atoms with E-state index in [1.54, 1.807) is 6.42 Å². The van der Waals surface area contributed by atoms with Crippen LogP contribution in [-0.2, 0) is 0 Å². The third-order valence-corrected chi connectivity index (χ3v) is 5.47. The van der Waals surface area contributed by atoms with Gasteiger partial charge < -0.3 is 0 Å². The van der Waals surface area contributed by atoms with Crippen LogP contribution in [0.25, 0.3) is 0 Å². The van der Waals surface area contributed by atoms with Crippen molar-refractivity contribution >= 4 is 0 Å². The van der Waals surface area contributed by atoms with Gasteiger partial charge in [-0.3, -0.25) is 0 Å². The zero-order valence-electron chi connectivity index (χ0n) is 10.8. The average molecular weight is 208 g/mol. The van der Waals surface area contributed by atoms with Crippen LogP contribution in [0.3, 0.4) is 0 Å². The predicted octanol–water partition coefficient (Wildman–Crippen LogP) is 4.89. The summed E-state index contributed by atoms with van der Waals surface area (Å²) in [5.74, 6) is 5.19. The van der Waals surface area contributed by atoms with Crippen molar-refractivity contribution in [2.75, 3.05) is 0 Å². The molecule has 88 valence electrons. The minimum absolute atomic E-state index is 0.997. The Balaban J connectivity index is 2.10. The first-order valence-corrected chi connectivity index (χ1v) is 7.24. The van der Waals surface area contributed by atoms with E-state index >= 15 is 0 Å². The molecule has 0 heteroatoms. The fraction of sp³-hybridized carbons (Fsp3) is 1.00. The van der Waals surface area contributed by atoms with Gasteiger partial charge in [-0.05, 0) is 36.0 Å². The van der Waals surface area contributed by atoms with Crippen LogP contribution in [0.5, 0.6) is 0 Å². The zero-order valence-corrected chi connectivity index (χ0v) is 10.8. The molecule has 15 heavy (non-hydrogen) atoms. The van der Waals surface area contributed by atoms with E-state index < -0.39 is 0 Å². The highest BCUT2D eigenvalue weighted by atomic mass is 14.5. The van der Waals surface area contributed by atoms with E-state index in [-0.39, 0.29) is 0 Å². The van der Waals surface area contributed by atoms with Crippen LogP contribution < -0.4 is 0 Å². The molecule has 0 saturated heterocycles. The van der Waals surface area contributed by atoms with Crippen molar-refractivity contribution in [2.45, 2.75) is 65.7 Å². The number of hydrogen-bond donors (Lipinski definition) is 0. The molecule has 5 atom stereocenters. The number of fused-ring (bicyclic) bond motifs is 2. The molecule has 2 saturated carbocycles. The monoisotopic (exact) mass is 208 g/mol. The van der Waals surface area contributed by atoms with Gasteiger partial charge in [-0.2, -0.15) is 0 Å². The molecule has 0 amide bonds. The summed E-state index contributed by atoms with van der Waals surface area (Å²) in [7, 11) is 0. The Hall–Kier alpha value is 0. The Labute approximate surface area is 95.8 Å². The number of rotatable bonds is 1. The summed E-state index contributed by atoms with van der Waals surface area (Å²) in [4.78, 5) is 0. The van der Waals surface area contributed by atoms with Crippen molar-refractivity contribution < 1.29 is 0 Å². The van der Waals surface area contributed by atoms with Crippen LogP contribution in [0.4, 0.5) is 0 Å². The fourth-order valence-electron chi connectivity index (χ4n) is 4.54. The second kappa shape index (κ2) is 4.89. The summed E-state index contributed by atoms with van der Waals surface area (Å²) in [6.07, 6.45) is 10.5. The third-order valence-electron chi connectivity index (χ3n) is 5.47. The van der Waals surface area contributed by atoms with Crippen LogP contribution in [0.1, 0.15) is 65.7 Å². The Kier molecular flexibility index (Phi) is 3.74. The van der Waals surface area contributed by atoms with Crippen LogP contribution >= 0.6 is 0 Å². The molecule has 0 aromatic heterocycles. The molecule has 2 aliphatic carbocycles. The molecule has 0 N–H and O–H groups in total. The Morgan fingerprint density at radius 2 is 1.73 bits per heavy atom. The molecule has 0 radical (unpaired) electrons. The maximum absolute atomic E-state index is 2.54. The van der Waals surface area contributed by atoms with Gasteiger partial charge in [-0.25, -0.2) is 0 Å². The lowest BCUT2D eigenvalue weighted by Crippen LogP contribution is -2.19. The quantitative estimate of drug-likeness (QED) is 0.576. The van der Waals surface area contributed by atoms with E-state index in [0.717, 1.165) is 29.6 Å². The Morgan fingerprint density at radius 1 is 1.00 bits per heavy atom. The van der Waals surface area contributed by atoms with Crippen molar-refractivity contribution in [1.29, 1.82) is 0 Å². The highest BCUT2D eigenvalue weighted by molar-refractivity contribution is 4.90. The van der Waals surface area contributed by atoms with Gasteiger partial charge in [0.1, 0.15) is 0 Å². The first-order chi connectivity index (χ1) is 7.24. The fourth-order valence-corrected chi connectivity index (χ4v) is 4.54. The second-order valence-corrected chi connectivity index (χ2v) is 6.21. The average Bonchev–Trinajstić information content (AvgIpc) is 2.57. The largest absolute Gasteiger partial charge is 0.0651 e. The smallest absolute Gasteiger partial charge is 0.0357 e. The molecule has 2 fully saturated rings. The highest BCUT2D eigenvalue weighted by Crippen LogP contribution is 2.49. The molecule has 5 unspecified atom stereocenters. The zero-order chi connectivity index (χ0) is 10.8. The normalized spacial score (nSPS) is 47.0. The van der Waals surface area contributed by atoms with Gasteiger partial charge in [0, 0.05) is 0 Å². The topological polar surface area (TPSA) is 0 Å². The minimum atomic E-state index is 0.997. The summed E-state index contributed by atoms with van der Waals surface area (Å²) in [5, 5.41) is 0. The van der Waals surface area contributed by atoms with E-state index in [1.807, 2.05) is 0 Å². The molecular formula is C15H28. The van der Waals surface area contributed by atoms with E-state index in [0.29, 0.717) is 0 Å². The maximum atomic E-state index is 2.54. The van der Waals surface area contributed by atoms with Gasteiger partial charge in [0.2, 0.25) is 0 Å². The van der Waals surface area contributed by atoms with E-state index in [4.69, 9.17) is 0 Å². The molecule has 2 aliphatic rings. The summed E-state index contributed by atoms with van der Waals surface area (Å²) in [6, 6.07) is 0. The molecule has 0 aromatic carbocycles. The lowest BCUT2D eigenvalue weighted by molar-refractivity contribution is 0.229. The molecule has 0 aromatic rings. The summed E-state index contributed by atoms with van der Waals surface area (Å²) in [5.41, 5.74) is 0. The molecule has 0 nitrogen and oxygen atoms in total. The van der Waals surface area contributed by atoms with Crippen LogP contribution in [0, 0.1) is 29.6 Å². The molecular weight excluding hydrogens is 180 g/mol. The predicted molar refractivity (Wildman–Crippen MR) is 66.8 cm³/mol. The van der Waals surface area contributed by atoms with Crippen LogP contribution in [-0.4, -0.2) is 0 Å². The van der Waals surface area contributed by atoms with Gasteiger partial charge in [-0.15, -0.1) is 0 Å². The lowest BCUT2D eigenvalue weighted by Gasteiger charge is -2.27. The number of hydrogen-bond acceptors (Lipinski definition) is 0.